The number of aromatic amines is 1. The third-order valence-electron chi connectivity index (χ3n) is 2.88. The summed E-state index contributed by atoms with van der Waals surface area (Å²) in [7, 11) is 3.20. The lowest BCUT2D eigenvalue weighted by Gasteiger charge is -2.09. The number of carbonyl (C=O) groups is 1. The number of rotatable bonds is 4. The topological polar surface area (TPSA) is 64.2 Å². The summed E-state index contributed by atoms with van der Waals surface area (Å²) in [4.78, 5) is 18.7. The number of H-pyrrole nitrogens is 1. The minimum absolute atomic E-state index is 0.101. The van der Waals surface area contributed by atoms with Gasteiger partial charge in [0.15, 0.2) is 11.6 Å². The number of ketones is 1. The van der Waals surface area contributed by atoms with Crippen LogP contribution in [0.5, 0.6) is 11.5 Å². The molecule has 0 fully saturated rings. The molecule has 0 radical (unpaired) electrons. The zero-order valence-electron chi connectivity index (χ0n) is 11.4. The van der Waals surface area contributed by atoms with E-state index in [1.807, 2.05) is 25.1 Å². The maximum Gasteiger partial charge on any atom is 0.195 e. The van der Waals surface area contributed by atoms with Gasteiger partial charge in [-0.05, 0) is 25.1 Å². The quantitative estimate of drug-likeness (QED) is 0.858. The Morgan fingerprint density at radius 3 is 2.53 bits per heavy atom. The summed E-state index contributed by atoms with van der Waals surface area (Å²) in [5.74, 6) is 1.64. The summed E-state index contributed by atoms with van der Waals surface area (Å²) in [6, 6.07) is 5.47. The molecule has 2 rings (SSSR count). The van der Waals surface area contributed by atoms with E-state index in [0.717, 1.165) is 11.3 Å². The Balaban J connectivity index is 2.59. The molecule has 19 heavy (non-hydrogen) atoms. The van der Waals surface area contributed by atoms with Gasteiger partial charge < -0.3 is 14.5 Å². The van der Waals surface area contributed by atoms with Gasteiger partial charge in [0, 0.05) is 18.2 Å². The summed E-state index contributed by atoms with van der Waals surface area (Å²) in [5.41, 5.74) is 2.31. The number of ether oxygens (including phenoxy) is 2. The average Bonchev–Trinajstić information content (AvgIpc) is 2.80. The van der Waals surface area contributed by atoms with Crippen molar-refractivity contribution < 1.29 is 14.3 Å². The zero-order chi connectivity index (χ0) is 14.0. The number of benzene rings is 1. The van der Waals surface area contributed by atoms with Crippen molar-refractivity contribution in [3.8, 4) is 22.8 Å². The van der Waals surface area contributed by atoms with E-state index in [9.17, 15) is 4.79 Å². The number of imidazole rings is 1. The predicted molar refractivity (Wildman–Crippen MR) is 71.9 cm³/mol. The SMILES string of the molecule is COc1ccc(OC)c(-c2nc(C(C)=O)[nH]c2C)c1. The van der Waals surface area contributed by atoms with E-state index in [2.05, 4.69) is 9.97 Å². The first-order valence-corrected chi connectivity index (χ1v) is 5.86. The molecule has 0 spiro atoms. The monoisotopic (exact) mass is 260 g/mol. The van der Waals surface area contributed by atoms with Crippen molar-refractivity contribution in [1.82, 2.24) is 9.97 Å². The van der Waals surface area contributed by atoms with Gasteiger partial charge in [0.05, 0.1) is 19.9 Å². The molecule has 1 heterocycles. The number of hydrogen-bond acceptors (Lipinski definition) is 4. The van der Waals surface area contributed by atoms with Crippen LogP contribution in [0.4, 0.5) is 0 Å². The van der Waals surface area contributed by atoms with Gasteiger partial charge in [-0.2, -0.15) is 0 Å². The van der Waals surface area contributed by atoms with Gasteiger partial charge in [-0.3, -0.25) is 4.79 Å². The Bertz CT molecular complexity index is 617. The lowest BCUT2D eigenvalue weighted by atomic mass is 10.1. The number of hydrogen-bond donors (Lipinski definition) is 1. The zero-order valence-corrected chi connectivity index (χ0v) is 11.4. The van der Waals surface area contributed by atoms with E-state index < -0.39 is 0 Å². The maximum atomic E-state index is 11.4. The van der Waals surface area contributed by atoms with Crippen LogP contribution in [0.15, 0.2) is 18.2 Å². The summed E-state index contributed by atoms with van der Waals surface area (Å²) in [6.45, 7) is 3.35. The molecular weight excluding hydrogens is 244 g/mol. The first kappa shape index (κ1) is 13.1. The lowest BCUT2D eigenvalue weighted by Crippen LogP contribution is -1.94. The van der Waals surface area contributed by atoms with Crippen molar-refractivity contribution in [2.24, 2.45) is 0 Å². The second-order valence-corrected chi connectivity index (χ2v) is 4.18. The van der Waals surface area contributed by atoms with Crippen LogP contribution < -0.4 is 9.47 Å². The van der Waals surface area contributed by atoms with Crippen molar-refractivity contribution in [2.45, 2.75) is 13.8 Å². The molecule has 0 saturated carbocycles. The smallest absolute Gasteiger partial charge is 0.195 e. The standard InChI is InChI=1S/C14H16N2O3/c1-8-13(16-14(15-8)9(2)17)11-7-10(18-3)5-6-12(11)19-4/h5-7H,1-4H3,(H,15,16). The molecule has 0 amide bonds. The number of carbonyl (C=O) groups excluding carboxylic acids is 1. The second-order valence-electron chi connectivity index (χ2n) is 4.18. The molecule has 5 nitrogen and oxygen atoms in total. The van der Waals surface area contributed by atoms with Gasteiger partial charge >= 0.3 is 0 Å². The van der Waals surface area contributed by atoms with Crippen molar-refractivity contribution in [2.75, 3.05) is 14.2 Å². The van der Waals surface area contributed by atoms with Crippen molar-refractivity contribution in [1.29, 1.82) is 0 Å². The van der Waals surface area contributed by atoms with Crippen molar-refractivity contribution in [3.63, 3.8) is 0 Å². The first-order valence-electron chi connectivity index (χ1n) is 5.86. The average molecular weight is 260 g/mol. The molecule has 1 aromatic heterocycles. The van der Waals surface area contributed by atoms with E-state index in [1.54, 1.807) is 14.2 Å². The molecule has 0 aliphatic rings. The van der Waals surface area contributed by atoms with Crippen LogP contribution in [0.1, 0.15) is 23.2 Å². The van der Waals surface area contributed by atoms with Crippen LogP contribution >= 0.6 is 0 Å². The summed E-state index contributed by atoms with van der Waals surface area (Å²) in [5, 5.41) is 0. The van der Waals surface area contributed by atoms with E-state index in [4.69, 9.17) is 9.47 Å². The van der Waals surface area contributed by atoms with Gasteiger partial charge in [-0.25, -0.2) is 4.98 Å². The molecule has 0 atom stereocenters. The molecule has 0 aliphatic heterocycles. The van der Waals surface area contributed by atoms with E-state index in [1.165, 1.54) is 6.92 Å². The number of nitrogens with zero attached hydrogens (tertiary/aromatic N) is 1. The molecule has 100 valence electrons. The lowest BCUT2D eigenvalue weighted by molar-refractivity contribution is 0.100. The molecule has 0 unspecified atom stereocenters. The molecule has 0 bridgehead atoms. The van der Waals surface area contributed by atoms with Crippen LogP contribution in [0.3, 0.4) is 0 Å². The highest BCUT2D eigenvalue weighted by Crippen LogP contribution is 2.34. The van der Waals surface area contributed by atoms with Crippen LogP contribution in [0, 0.1) is 6.92 Å². The fraction of sp³-hybridized carbons (Fsp3) is 0.286. The first-order chi connectivity index (χ1) is 9.06. The fourth-order valence-electron chi connectivity index (χ4n) is 1.89. The summed E-state index contributed by atoms with van der Waals surface area (Å²) < 4.78 is 10.5. The van der Waals surface area contributed by atoms with E-state index in [-0.39, 0.29) is 5.78 Å². The Labute approximate surface area is 111 Å². The van der Waals surface area contributed by atoms with E-state index in [0.29, 0.717) is 23.0 Å². The molecule has 0 saturated heterocycles. The molecule has 2 aromatic rings. The number of Topliss-reactive ketones (excluding diaryl/α,β-unsaturated/α-hetero) is 1. The molecular formula is C14H16N2O3. The minimum Gasteiger partial charge on any atom is -0.497 e. The minimum atomic E-state index is -0.101. The normalized spacial score (nSPS) is 10.3. The second kappa shape index (κ2) is 5.14. The summed E-state index contributed by atoms with van der Waals surface area (Å²) in [6.07, 6.45) is 0. The largest absolute Gasteiger partial charge is 0.497 e. The molecule has 0 aliphatic carbocycles. The number of aryl methyl sites for hydroxylation is 1. The van der Waals surface area contributed by atoms with Crippen LogP contribution in [0.2, 0.25) is 0 Å². The van der Waals surface area contributed by atoms with Crippen LogP contribution in [0.25, 0.3) is 11.3 Å². The highest BCUT2D eigenvalue weighted by atomic mass is 16.5. The van der Waals surface area contributed by atoms with Crippen molar-refractivity contribution in [3.05, 3.63) is 29.7 Å². The number of methoxy groups -OCH3 is 2. The number of nitrogens with one attached hydrogen (secondary N) is 1. The van der Waals surface area contributed by atoms with Crippen molar-refractivity contribution >= 4 is 5.78 Å². The van der Waals surface area contributed by atoms with Crippen LogP contribution in [-0.2, 0) is 0 Å². The number of aromatic nitrogens is 2. The predicted octanol–water partition coefficient (Wildman–Crippen LogP) is 2.60. The Morgan fingerprint density at radius 1 is 1.26 bits per heavy atom. The van der Waals surface area contributed by atoms with E-state index >= 15 is 0 Å². The Morgan fingerprint density at radius 2 is 2.00 bits per heavy atom. The fourth-order valence-corrected chi connectivity index (χ4v) is 1.89. The van der Waals surface area contributed by atoms with Gasteiger partial charge in [0.1, 0.15) is 11.5 Å². The Hall–Kier alpha value is -2.30. The van der Waals surface area contributed by atoms with Gasteiger partial charge in [-0.15, -0.1) is 0 Å². The third kappa shape index (κ3) is 2.45. The molecule has 1 N–H and O–H groups in total. The summed E-state index contributed by atoms with van der Waals surface area (Å²) >= 11 is 0. The highest BCUT2D eigenvalue weighted by Gasteiger charge is 2.16. The highest BCUT2D eigenvalue weighted by molar-refractivity contribution is 5.91. The van der Waals surface area contributed by atoms with Gasteiger partial charge in [0.25, 0.3) is 0 Å². The molecule has 5 heteroatoms. The van der Waals surface area contributed by atoms with Gasteiger partial charge in [0.2, 0.25) is 0 Å². The third-order valence-corrected chi connectivity index (χ3v) is 2.88. The van der Waals surface area contributed by atoms with Crippen LogP contribution in [-0.4, -0.2) is 30.0 Å². The van der Waals surface area contributed by atoms with Gasteiger partial charge in [-0.1, -0.05) is 0 Å². The molecule has 1 aromatic carbocycles. The maximum absolute atomic E-state index is 11.4. The Kier molecular flexibility index (Phi) is 3.55.